The summed E-state index contributed by atoms with van der Waals surface area (Å²) in [6.07, 6.45) is 0. The van der Waals surface area contributed by atoms with Gasteiger partial charge in [0.05, 0.1) is 5.69 Å². The van der Waals surface area contributed by atoms with Gasteiger partial charge < -0.3 is 10.6 Å². The molecule has 4 aromatic rings. The van der Waals surface area contributed by atoms with Gasteiger partial charge in [0.2, 0.25) is 0 Å². The summed E-state index contributed by atoms with van der Waals surface area (Å²) in [5.41, 5.74) is 1.64. The average Bonchev–Trinajstić information content (AvgIpc) is 3.14. The summed E-state index contributed by atoms with van der Waals surface area (Å²) >= 11 is 1.06. The van der Waals surface area contributed by atoms with Crippen LogP contribution in [0.2, 0.25) is 0 Å². The number of imide groups is 1. The summed E-state index contributed by atoms with van der Waals surface area (Å²) in [7, 11) is 0. The Kier molecular flexibility index (Phi) is 7.01. The topological polar surface area (TPSA) is 78.5 Å². The molecule has 2 N–H and O–H groups in total. The Bertz CT molecular complexity index is 1560. The molecule has 1 aliphatic rings. The second-order valence-corrected chi connectivity index (χ2v) is 9.29. The number of rotatable bonds is 7. The molecule has 0 aliphatic carbocycles. The zero-order valence-electron chi connectivity index (χ0n) is 19.7. The molecule has 0 radical (unpaired) electrons. The van der Waals surface area contributed by atoms with Crippen molar-refractivity contribution in [3.63, 3.8) is 0 Å². The first-order chi connectivity index (χ1) is 18.4. The van der Waals surface area contributed by atoms with E-state index in [1.165, 1.54) is 48.5 Å². The quantitative estimate of drug-likeness (QED) is 0.280. The molecule has 3 amide bonds. The fourth-order valence-electron chi connectivity index (χ4n) is 3.76. The molecule has 9 heteroatoms. The summed E-state index contributed by atoms with van der Waals surface area (Å²) in [6.45, 7) is 0. The molecule has 0 saturated heterocycles. The van der Waals surface area contributed by atoms with E-state index in [1.807, 2.05) is 0 Å². The Balaban J connectivity index is 1.44. The zero-order valence-corrected chi connectivity index (χ0v) is 20.5. The first-order valence-corrected chi connectivity index (χ1v) is 12.3. The number of para-hydroxylation sites is 1. The lowest BCUT2D eigenvalue weighted by Gasteiger charge is -2.15. The van der Waals surface area contributed by atoms with E-state index in [1.54, 1.807) is 54.6 Å². The number of nitrogens with one attached hydrogen (secondary N) is 2. The van der Waals surface area contributed by atoms with E-state index in [0.717, 1.165) is 16.7 Å². The van der Waals surface area contributed by atoms with Crippen LogP contribution >= 0.6 is 11.8 Å². The van der Waals surface area contributed by atoms with Gasteiger partial charge in [0, 0.05) is 21.8 Å². The van der Waals surface area contributed by atoms with Crippen molar-refractivity contribution in [2.24, 2.45) is 0 Å². The van der Waals surface area contributed by atoms with Crippen molar-refractivity contribution in [2.45, 2.75) is 4.90 Å². The fraction of sp³-hybridized carbons (Fsp3) is 0. The van der Waals surface area contributed by atoms with Gasteiger partial charge >= 0.3 is 0 Å². The minimum absolute atomic E-state index is 0.0520. The van der Waals surface area contributed by atoms with E-state index >= 15 is 0 Å². The van der Waals surface area contributed by atoms with Crippen molar-refractivity contribution in [3.05, 3.63) is 131 Å². The first kappa shape index (κ1) is 24.9. The lowest BCUT2D eigenvalue weighted by Crippen LogP contribution is -2.32. The van der Waals surface area contributed by atoms with Gasteiger partial charge in [0.25, 0.3) is 17.7 Å². The second-order valence-electron chi connectivity index (χ2n) is 8.21. The number of carbonyl (C=O) groups is 3. The summed E-state index contributed by atoms with van der Waals surface area (Å²) in [6, 6.07) is 25.9. The second kappa shape index (κ2) is 10.7. The number of nitrogens with zero attached hydrogens (tertiary/aromatic N) is 1. The number of halogens is 2. The first-order valence-electron chi connectivity index (χ1n) is 11.4. The summed E-state index contributed by atoms with van der Waals surface area (Å²) in [4.78, 5) is 41.2. The highest BCUT2D eigenvalue weighted by Crippen LogP contribution is 2.38. The smallest absolute Gasteiger partial charge is 0.283 e. The van der Waals surface area contributed by atoms with Gasteiger partial charge in [-0.15, -0.1) is 0 Å². The third-order valence-electron chi connectivity index (χ3n) is 5.59. The molecule has 0 saturated carbocycles. The van der Waals surface area contributed by atoms with Crippen molar-refractivity contribution in [2.75, 3.05) is 15.5 Å². The van der Waals surface area contributed by atoms with Crippen LogP contribution in [-0.2, 0) is 9.59 Å². The van der Waals surface area contributed by atoms with Crippen LogP contribution in [0, 0.1) is 11.6 Å². The van der Waals surface area contributed by atoms with Crippen LogP contribution in [0.25, 0.3) is 0 Å². The summed E-state index contributed by atoms with van der Waals surface area (Å²) < 4.78 is 26.6. The van der Waals surface area contributed by atoms with Gasteiger partial charge in [-0.1, -0.05) is 36.0 Å². The monoisotopic (exact) mass is 527 g/mol. The molecule has 0 fully saturated rings. The lowest BCUT2D eigenvalue weighted by atomic mass is 10.2. The van der Waals surface area contributed by atoms with Crippen LogP contribution in [0.1, 0.15) is 10.4 Å². The summed E-state index contributed by atoms with van der Waals surface area (Å²) in [5, 5.41) is 5.72. The standard InChI is InChI=1S/C29H19F2N3O3S/c30-19-11-9-18(10-12-19)27(35)33-22-5-4-8-24(17-22)38-26-25(32-21-15-13-20(31)14-16-21)28(36)34(29(26)37)23-6-2-1-3-7-23/h1-17,32H,(H,33,35). The Morgan fingerprint density at radius 2 is 1.37 bits per heavy atom. The van der Waals surface area contributed by atoms with Crippen LogP contribution in [0.15, 0.2) is 119 Å². The van der Waals surface area contributed by atoms with Crippen LogP contribution in [0.4, 0.5) is 25.8 Å². The highest BCUT2D eigenvalue weighted by atomic mass is 32.2. The Morgan fingerprint density at radius 1 is 0.711 bits per heavy atom. The van der Waals surface area contributed by atoms with Gasteiger partial charge in [-0.2, -0.15) is 0 Å². The molecule has 0 unspecified atom stereocenters. The predicted molar refractivity (Wildman–Crippen MR) is 143 cm³/mol. The van der Waals surface area contributed by atoms with Crippen molar-refractivity contribution >= 4 is 46.5 Å². The van der Waals surface area contributed by atoms with Gasteiger partial charge in [-0.25, -0.2) is 13.7 Å². The Hall–Kier alpha value is -4.76. The normalized spacial score (nSPS) is 13.2. The number of carbonyl (C=O) groups excluding carboxylic acids is 3. The van der Waals surface area contributed by atoms with Gasteiger partial charge in [-0.3, -0.25) is 14.4 Å². The van der Waals surface area contributed by atoms with E-state index in [2.05, 4.69) is 10.6 Å². The molecule has 188 valence electrons. The minimum atomic E-state index is -0.547. The predicted octanol–water partition coefficient (Wildman–Crippen LogP) is 6.21. The van der Waals surface area contributed by atoms with Crippen LogP contribution in [0.3, 0.4) is 0 Å². The molecule has 0 aromatic heterocycles. The lowest BCUT2D eigenvalue weighted by molar-refractivity contribution is -0.120. The zero-order chi connectivity index (χ0) is 26.6. The van der Waals surface area contributed by atoms with E-state index < -0.39 is 29.4 Å². The van der Waals surface area contributed by atoms with Crippen molar-refractivity contribution < 1.29 is 23.2 Å². The number of thioether (sulfide) groups is 1. The molecular formula is C29H19F2N3O3S. The molecule has 0 atom stereocenters. The third-order valence-corrected chi connectivity index (χ3v) is 6.66. The van der Waals surface area contributed by atoms with Crippen molar-refractivity contribution in [1.82, 2.24) is 0 Å². The van der Waals surface area contributed by atoms with Crippen LogP contribution in [-0.4, -0.2) is 17.7 Å². The third kappa shape index (κ3) is 5.33. The average molecular weight is 528 g/mol. The highest BCUT2D eigenvalue weighted by molar-refractivity contribution is 8.04. The molecule has 4 aromatic carbocycles. The highest BCUT2D eigenvalue weighted by Gasteiger charge is 2.40. The number of hydrogen-bond acceptors (Lipinski definition) is 5. The largest absolute Gasteiger partial charge is 0.350 e. The van der Waals surface area contributed by atoms with Gasteiger partial charge in [0.15, 0.2) is 0 Å². The molecule has 38 heavy (non-hydrogen) atoms. The molecule has 0 bridgehead atoms. The number of anilines is 3. The SMILES string of the molecule is O=C(Nc1cccc(SC2=C(Nc3ccc(F)cc3)C(=O)N(c3ccccc3)C2=O)c1)c1ccc(F)cc1. The van der Waals surface area contributed by atoms with E-state index in [4.69, 9.17) is 0 Å². The van der Waals surface area contributed by atoms with Gasteiger partial charge in [0.1, 0.15) is 22.2 Å². The van der Waals surface area contributed by atoms with E-state index in [0.29, 0.717) is 22.0 Å². The fourth-order valence-corrected chi connectivity index (χ4v) is 4.75. The van der Waals surface area contributed by atoms with Crippen molar-refractivity contribution in [3.8, 4) is 0 Å². The molecular weight excluding hydrogens is 508 g/mol. The van der Waals surface area contributed by atoms with E-state index in [9.17, 15) is 23.2 Å². The van der Waals surface area contributed by atoms with Gasteiger partial charge in [-0.05, 0) is 78.9 Å². The Labute approximate surface area is 221 Å². The molecule has 1 aliphatic heterocycles. The van der Waals surface area contributed by atoms with E-state index in [-0.39, 0.29) is 16.2 Å². The maximum atomic E-state index is 13.5. The maximum absolute atomic E-state index is 13.5. The van der Waals surface area contributed by atoms with Crippen LogP contribution in [0.5, 0.6) is 0 Å². The summed E-state index contributed by atoms with van der Waals surface area (Å²) in [5.74, 6) is -2.37. The molecule has 6 nitrogen and oxygen atoms in total. The maximum Gasteiger partial charge on any atom is 0.283 e. The molecule has 1 heterocycles. The molecule has 5 rings (SSSR count). The Morgan fingerprint density at radius 3 is 2.05 bits per heavy atom. The number of hydrogen-bond donors (Lipinski definition) is 2. The number of amides is 3. The minimum Gasteiger partial charge on any atom is -0.350 e. The number of benzene rings is 4. The van der Waals surface area contributed by atoms with Crippen molar-refractivity contribution in [1.29, 1.82) is 0 Å². The van der Waals surface area contributed by atoms with Crippen LogP contribution < -0.4 is 15.5 Å². The molecule has 0 spiro atoms.